The molecule has 0 radical (unpaired) electrons. The van der Waals surface area contributed by atoms with E-state index in [2.05, 4.69) is 10.6 Å². The molecule has 2 aromatic rings. The average Bonchev–Trinajstić information content (AvgIpc) is 3.13. The Hall–Kier alpha value is -3.11. The minimum absolute atomic E-state index is 0.00598. The Morgan fingerprint density at radius 3 is 2.42 bits per heavy atom. The molecular weight excluding hydrogens is 472 g/mol. The van der Waals surface area contributed by atoms with Crippen molar-refractivity contribution in [3.63, 3.8) is 0 Å². The molecule has 9 nitrogen and oxygen atoms in total. The zero-order valence-electron chi connectivity index (χ0n) is 18.7. The zero-order chi connectivity index (χ0) is 24.6. The SMILES string of the molecule is COC(=O)c1c(-c2ccccc2Cl)csc1NC(=O)COC(=O)CCNC(=O)OC(C)(C)C. The third-order valence-electron chi connectivity index (χ3n) is 3.96. The van der Waals surface area contributed by atoms with Crippen LogP contribution in [0.2, 0.25) is 5.02 Å². The third kappa shape index (κ3) is 8.07. The molecule has 0 aliphatic heterocycles. The number of hydrogen-bond acceptors (Lipinski definition) is 8. The molecule has 2 N–H and O–H groups in total. The van der Waals surface area contributed by atoms with Crippen LogP contribution in [0.25, 0.3) is 11.1 Å². The molecule has 178 valence electrons. The highest BCUT2D eigenvalue weighted by molar-refractivity contribution is 7.15. The minimum Gasteiger partial charge on any atom is -0.465 e. The van der Waals surface area contributed by atoms with Gasteiger partial charge < -0.3 is 24.8 Å². The number of amides is 2. The summed E-state index contributed by atoms with van der Waals surface area (Å²) >= 11 is 7.36. The summed E-state index contributed by atoms with van der Waals surface area (Å²) in [4.78, 5) is 48.0. The lowest BCUT2D eigenvalue weighted by atomic mass is 10.0. The first-order chi connectivity index (χ1) is 15.5. The van der Waals surface area contributed by atoms with E-state index in [4.69, 9.17) is 25.8 Å². The second kappa shape index (κ2) is 11.7. The van der Waals surface area contributed by atoms with Gasteiger partial charge in [-0.15, -0.1) is 11.3 Å². The molecule has 0 spiro atoms. The molecule has 0 unspecified atom stereocenters. The standard InChI is InChI=1S/C22H25ClN2O7S/c1-22(2,3)32-21(29)24-10-9-17(27)31-11-16(26)25-19-18(20(28)30-4)14(12-33-19)13-7-5-6-8-15(13)23/h5-8,12H,9-11H2,1-4H3,(H,24,29)(H,25,26). The summed E-state index contributed by atoms with van der Waals surface area (Å²) in [6, 6.07) is 6.96. The Balaban J connectivity index is 1.94. The highest BCUT2D eigenvalue weighted by Crippen LogP contribution is 2.39. The summed E-state index contributed by atoms with van der Waals surface area (Å²) in [5.41, 5.74) is 0.620. The van der Waals surface area contributed by atoms with E-state index in [9.17, 15) is 19.2 Å². The predicted molar refractivity (Wildman–Crippen MR) is 125 cm³/mol. The Morgan fingerprint density at radius 1 is 1.09 bits per heavy atom. The van der Waals surface area contributed by atoms with Gasteiger partial charge in [0, 0.05) is 28.1 Å². The molecule has 0 saturated carbocycles. The first kappa shape index (κ1) is 26.1. The van der Waals surface area contributed by atoms with Gasteiger partial charge in [-0.1, -0.05) is 29.8 Å². The number of hydrogen-bond donors (Lipinski definition) is 2. The number of carbonyl (C=O) groups is 4. The minimum atomic E-state index is -0.683. The van der Waals surface area contributed by atoms with Crippen LogP contribution < -0.4 is 10.6 Å². The van der Waals surface area contributed by atoms with Crippen LogP contribution in [0, 0.1) is 0 Å². The van der Waals surface area contributed by atoms with Crippen molar-refractivity contribution in [2.75, 3.05) is 25.6 Å². The second-order valence-electron chi connectivity index (χ2n) is 7.71. The van der Waals surface area contributed by atoms with E-state index in [-0.39, 0.29) is 23.5 Å². The van der Waals surface area contributed by atoms with Crippen molar-refractivity contribution in [3.05, 3.63) is 40.2 Å². The number of esters is 2. The quantitative estimate of drug-likeness (QED) is 0.414. The predicted octanol–water partition coefficient (Wildman–Crippen LogP) is 4.25. The van der Waals surface area contributed by atoms with E-state index in [0.29, 0.717) is 16.1 Å². The zero-order valence-corrected chi connectivity index (χ0v) is 20.2. The van der Waals surface area contributed by atoms with Gasteiger partial charge in [0.15, 0.2) is 6.61 Å². The average molecular weight is 497 g/mol. The Morgan fingerprint density at radius 2 is 1.79 bits per heavy atom. The van der Waals surface area contributed by atoms with E-state index in [1.54, 1.807) is 50.4 Å². The molecule has 2 rings (SSSR count). The molecule has 0 fully saturated rings. The van der Waals surface area contributed by atoms with Gasteiger partial charge in [-0.2, -0.15) is 0 Å². The number of carbonyl (C=O) groups excluding carboxylic acids is 4. The van der Waals surface area contributed by atoms with E-state index in [1.807, 2.05) is 0 Å². The number of methoxy groups -OCH3 is 1. The van der Waals surface area contributed by atoms with Gasteiger partial charge in [0.05, 0.1) is 13.5 Å². The number of alkyl carbamates (subject to hydrolysis) is 1. The summed E-state index contributed by atoms with van der Waals surface area (Å²) in [5, 5.41) is 7.34. The first-order valence-electron chi connectivity index (χ1n) is 9.89. The maximum absolute atomic E-state index is 12.4. The largest absolute Gasteiger partial charge is 0.465 e. The highest BCUT2D eigenvalue weighted by atomic mass is 35.5. The number of benzene rings is 1. The van der Waals surface area contributed by atoms with Crippen molar-refractivity contribution in [1.29, 1.82) is 0 Å². The van der Waals surface area contributed by atoms with Gasteiger partial charge in [-0.25, -0.2) is 9.59 Å². The summed E-state index contributed by atoms with van der Waals surface area (Å²) in [6.07, 6.45) is -0.800. The molecule has 2 amide bonds. The van der Waals surface area contributed by atoms with Crippen molar-refractivity contribution in [3.8, 4) is 11.1 Å². The van der Waals surface area contributed by atoms with Gasteiger partial charge >= 0.3 is 18.0 Å². The van der Waals surface area contributed by atoms with Crippen LogP contribution in [-0.4, -0.2) is 49.8 Å². The number of thiophene rings is 1. The Bertz CT molecular complexity index is 1030. The van der Waals surface area contributed by atoms with Gasteiger partial charge in [0.1, 0.15) is 16.2 Å². The van der Waals surface area contributed by atoms with Gasteiger partial charge in [0.25, 0.3) is 5.91 Å². The van der Waals surface area contributed by atoms with E-state index >= 15 is 0 Å². The van der Waals surface area contributed by atoms with E-state index < -0.39 is 36.1 Å². The van der Waals surface area contributed by atoms with Crippen molar-refractivity contribution < 1.29 is 33.4 Å². The molecule has 0 saturated heterocycles. The van der Waals surface area contributed by atoms with Gasteiger partial charge in [0.2, 0.25) is 0 Å². The summed E-state index contributed by atoms with van der Waals surface area (Å²) in [5.74, 6) is -1.97. The fraction of sp³-hybridized carbons (Fsp3) is 0.364. The van der Waals surface area contributed by atoms with Gasteiger partial charge in [-0.05, 0) is 26.8 Å². The third-order valence-corrected chi connectivity index (χ3v) is 5.18. The molecule has 0 aliphatic rings. The lowest BCUT2D eigenvalue weighted by Gasteiger charge is -2.19. The molecule has 33 heavy (non-hydrogen) atoms. The number of nitrogens with one attached hydrogen (secondary N) is 2. The van der Waals surface area contributed by atoms with E-state index in [1.165, 1.54) is 7.11 Å². The highest BCUT2D eigenvalue weighted by Gasteiger charge is 2.24. The summed E-state index contributed by atoms with van der Waals surface area (Å²) < 4.78 is 14.8. The molecule has 0 aliphatic carbocycles. The lowest BCUT2D eigenvalue weighted by Crippen LogP contribution is -2.34. The number of ether oxygens (including phenoxy) is 3. The molecule has 11 heteroatoms. The topological polar surface area (TPSA) is 120 Å². The second-order valence-corrected chi connectivity index (χ2v) is 9.00. The van der Waals surface area contributed by atoms with Crippen LogP contribution in [0.5, 0.6) is 0 Å². The number of rotatable bonds is 8. The monoisotopic (exact) mass is 496 g/mol. The lowest BCUT2D eigenvalue weighted by molar-refractivity contribution is -0.147. The summed E-state index contributed by atoms with van der Waals surface area (Å²) in [7, 11) is 1.23. The number of halogens is 1. The smallest absolute Gasteiger partial charge is 0.407 e. The molecule has 1 heterocycles. The van der Waals surface area contributed by atoms with Gasteiger partial charge in [-0.3, -0.25) is 9.59 Å². The van der Waals surface area contributed by atoms with Crippen molar-refractivity contribution >= 4 is 51.9 Å². The fourth-order valence-electron chi connectivity index (χ4n) is 2.59. The van der Waals surface area contributed by atoms with Crippen LogP contribution in [-0.2, 0) is 23.8 Å². The Kier molecular flexibility index (Phi) is 9.24. The summed E-state index contributed by atoms with van der Waals surface area (Å²) in [6.45, 7) is 4.58. The van der Waals surface area contributed by atoms with Crippen LogP contribution >= 0.6 is 22.9 Å². The normalized spacial score (nSPS) is 10.8. The van der Waals surface area contributed by atoms with Crippen LogP contribution in [0.15, 0.2) is 29.6 Å². The van der Waals surface area contributed by atoms with Crippen molar-refractivity contribution in [2.24, 2.45) is 0 Å². The molecule has 1 aromatic heterocycles. The van der Waals surface area contributed by atoms with Crippen molar-refractivity contribution in [1.82, 2.24) is 5.32 Å². The van der Waals surface area contributed by atoms with Crippen LogP contribution in [0.4, 0.5) is 9.80 Å². The first-order valence-corrected chi connectivity index (χ1v) is 11.1. The Labute approximate surface area is 200 Å². The van der Waals surface area contributed by atoms with Crippen LogP contribution in [0.1, 0.15) is 37.6 Å². The molecule has 1 aromatic carbocycles. The fourth-order valence-corrected chi connectivity index (χ4v) is 3.80. The van der Waals surface area contributed by atoms with Crippen molar-refractivity contribution in [2.45, 2.75) is 32.8 Å². The van der Waals surface area contributed by atoms with E-state index in [0.717, 1.165) is 11.3 Å². The maximum Gasteiger partial charge on any atom is 0.407 e. The number of anilines is 1. The maximum atomic E-state index is 12.4. The van der Waals surface area contributed by atoms with Crippen LogP contribution in [0.3, 0.4) is 0 Å². The molecular formula is C22H25ClN2O7S. The molecule has 0 bridgehead atoms. The molecule has 0 atom stereocenters.